The second kappa shape index (κ2) is 11.3. The summed E-state index contributed by atoms with van der Waals surface area (Å²) in [5.41, 5.74) is 4.05. The Hall–Kier alpha value is -3.13. The first-order valence-electron chi connectivity index (χ1n) is 11.3. The molecule has 1 atom stereocenters. The topological polar surface area (TPSA) is 82.1 Å². The van der Waals surface area contributed by atoms with Crippen molar-refractivity contribution < 1.29 is 9.47 Å². The van der Waals surface area contributed by atoms with Crippen LogP contribution in [0.3, 0.4) is 0 Å². The fourth-order valence-electron chi connectivity index (χ4n) is 3.49. The molecular formula is C26H28ClN5O2. The number of nitrogens with one attached hydrogen (secondary N) is 1. The van der Waals surface area contributed by atoms with E-state index in [9.17, 15) is 0 Å². The maximum Gasteiger partial charge on any atom is 0.165 e. The molecule has 4 aromatic rings. The SMILES string of the molecule is CCC(C)c1ccc(Nc2nc(COCCOC)nc3nc(-c4ncccc4Cl)ccc23)cc1. The van der Waals surface area contributed by atoms with Gasteiger partial charge in [0.1, 0.15) is 18.1 Å². The molecule has 0 aliphatic heterocycles. The summed E-state index contributed by atoms with van der Waals surface area (Å²) < 4.78 is 10.7. The molecule has 4 rings (SSSR count). The summed E-state index contributed by atoms with van der Waals surface area (Å²) in [6.45, 7) is 5.63. The number of pyridine rings is 2. The number of hydrogen-bond donors (Lipinski definition) is 1. The molecule has 0 aliphatic carbocycles. The number of anilines is 2. The van der Waals surface area contributed by atoms with Gasteiger partial charge in [0, 0.05) is 19.0 Å². The van der Waals surface area contributed by atoms with Crippen molar-refractivity contribution in [1.29, 1.82) is 0 Å². The van der Waals surface area contributed by atoms with Crippen LogP contribution in [0.15, 0.2) is 54.7 Å². The van der Waals surface area contributed by atoms with E-state index in [0.717, 1.165) is 17.5 Å². The molecule has 1 N–H and O–H groups in total. The molecule has 0 spiro atoms. The Balaban J connectivity index is 1.70. The molecule has 0 fully saturated rings. The summed E-state index contributed by atoms with van der Waals surface area (Å²) in [6, 6.07) is 15.8. The van der Waals surface area contributed by atoms with Crippen molar-refractivity contribution in [3.8, 4) is 11.4 Å². The number of methoxy groups -OCH3 is 1. The summed E-state index contributed by atoms with van der Waals surface area (Å²) in [6.07, 6.45) is 2.79. The molecule has 0 amide bonds. The van der Waals surface area contributed by atoms with Gasteiger partial charge in [-0.2, -0.15) is 0 Å². The molecule has 3 aromatic heterocycles. The predicted molar refractivity (Wildman–Crippen MR) is 136 cm³/mol. The largest absolute Gasteiger partial charge is 0.382 e. The molecule has 1 unspecified atom stereocenters. The van der Waals surface area contributed by atoms with Crippen LogP contribution in [0.1, 0.15) is 37.6 Å². The fourth-order valence-corrected chi connectivity index (χ4v) is 3.71. The Morgan fingerprint density at radius 3 is 2.56 bits per heavy atom. The Morgan fingerprint density at radius 2 is 1.82 bits per heavy atom. The van der Waals surface area contributed by atoms with Gasteiger partial charge in [-0.1, -0.05) is 37.6 Å². The van der Waals surface area contributed by atoms with Crippen molar-refractivity contribution in [3.05, 3.63) is 71.1 Å². The van der Waals surface area contributed by atoms with E-state index in [1.54, 1.807) is 25.4 Å². The zero-order chi connectivity index (χ0) is 23.9. The van der Waals surface area contributed by atoms with Crippen molar-refractivity contribution in [1.82, 2.24) is 19.9 Å². The van der Waals surface area contributed by atoms with Crippen LogP contribution < -0.4 is 5.32 Å². The molecular weight excluding hydrogens is 450 g/mol. The minimum Gasteiger partial charge on any atom is -0.382 e. The summed E-state index contributed by atoms with van der Waals surface area (Å²) in [4.78, 5) is 18.5. The van der Waals surface area contributed by atoms with Gasteiger partial charge in [-0.3, -0.25) is 4.98 Å². The molecule has 1 aromatic carbocycles. The van der Waals surface area contributed by atoms with Crippen molar-refractivity contribution in [2.45, 2.75) is 32.8 Å². The molecule has 8 heteroatoms. The number of rotatable bonds is 10. The zero-order valence-electron chi connectivity index (χ0n) is 19.6. The lowest BCUT2D eigenvalue weighted by Crippen LogP contribution is -2.07. The number of benzene rings is 1. The number of aromatic nitrogens is 4. The highest BCUT2D eigenvalue weighted by molar-refractivity contribution is 6.32. The summed E-state index contributed by atoms with van der Waals surface area (Å²) in [7, 11) is 1.64. The number of nitrogens with zero attached hydrogens (tertiary/aromatic N) is 4. The lowest BCUT2D eigenvalue weighted by atomic mass is 9.99. The van der Waals surface area contributed by atoms with E-state index in [0.29, 0.717) is 52.8 Å². The van der Waals surface area contributed by atoms with Gasteiger partial charge >= 0.3 is 0 Å². The van der Waals surface area contributed by atoms with Gasteiger partial charge in [-0.15, -0.1) is 0 Å². The Bertz CT molecular complexity index is 1250. The van der Waals surface area contributed by atoms with Crippen LogP contribution in [0.25, 0.3) is 22.4 Å². The third kappa shape index (κ3) is 5.67. The molecule has 0 saturated carbocycles. The highest BCUT2D eigenvalue weighted by atomic mass is 35.5. The predicted octanol–water partition coefficient (Wildman–Crippen LogP) is 6.16. The van der Waals surface area contributed by atoms with Gasteiger partial charge in [0.15, 0.2) is 11.5 Å². The van der Waals surface area contributed by atoms with Crippen LogP contribution >= 0.6 is 11.6 Å². The van der Waals surface area contributed by atoms with E-state index < -0.39 is 0 Å². The Morgan fingerprint density at radius 1 is 1.00 bits per heavy atom. The number of ether oxygens (including phenoxy) is 2. The van der Waals surface area contributed by atoms with Crippen LogP contribution in [-0.2, 0) is 16.1 Å². The van der Waals surface area contributed by atoms with E-state index in [1.165, 1.54) is 5.56 Å². The van der Waals surface area contributed by atoms with Crippen molar-refractivity contribution in [2.75, 3.05) is 25.6 Å². The average Bonchev–Trinajstić information content (AvgIpc) is 2.86. The van der Waals surface area contributed by atoms with Gasteiger partial charge in [-0.05, 0) is 54.3 Å². The molecule has 0 aliphatic rings. The van der Waals surface area contributed by atoms with E-state index in [2.05, 4.69) is 53.4 Å². The first-order valence-corrected chi connectivity index (χ1v) is 11.7. The summed E-state index contributed by atoms with van der Waals surface area (Å²) in [5, 5.41) is 4.76. The smallest absolute Gasteiger partial charge is 0.165 e. The lowest BCUT2D eigenvalue weighted by Gasteiger charge is -2.13. The highest BCUT2D eigenvalue weighted by Crippen LogP contribution is 2.29. The molecule has 7 nitrogen and oxygen atoms in total. The maximum absolute atomic E-state index is 6.34. The van der Waals surface area contributed by atoms with Crippen LogP contribution in [0.4, 0.5) is 11.5 Å². The van der Waals surface area contributed by atoms with E-state index in [4.69, 9.17) is 31.0 Å². The van der Waals surface area contributed by atoms with Crippen LogP contribution in [0.5, 0.6) is 0 Å². The fraction of sp³-hybridized carbons (Fsp3) is 0.308. The Labute approximate surface area is 204 Å². The number of fused-ring (bicyclic) bond motifs is 1. The molecule has 0 saturated heterocycles. The second-order valence-electron chi connectivity index (χ2n) is 7.99. The third-order valence-electron chi connectivity index (χ3n) is 5.62. The Kier molecular flexibility index (Phi) is 8.00. The molecule has 34 heavy (non-hydrogen) atoms. The molecule has 176 valence electrons. The quantitative estimate of drug-likeness (QED) is 0.274. The second-order valence-corrected chi connectivity index (χ2v) is 8.40. The maximum atomic E-state index is 6.34. The van der Waals surface area contributed by atoms with Crippen molar-refractivity contribution in [3.63, 3.8) is 0 Å². The van der Waals surface area contributed by atoms with E-state index in [1.807, 2.05) is 12.1 Å². The average molecular weight is 478 g/mol. The highest BCUT2D eigenvalue weighted by Gasteiger charge is 2.14. The monoisotopic (exact) mass is 477 g/mol. The van der Waals surface area contributed by atoms with Gasteiger partial charge in [0.05, 0.1) is 29.3 Å². The standard InChI is InChI=1S/C26H28ClN5O2/c1-4-17(2)18-7-9-19(10-8-18)29-25-20-11-12-22(24-21(27)6-5-13-28-24)30-26(20)32-23(31-25)16-34-15-14-33-3/h5-13,17H,4,14-16H2,1-3H3,(H,29,30,31,32). The van der Waals surface area contributed by atoms with E-state index in [-0.39, 0.29) is 6.61 Å². The van der Waals surface area contributed by atoms with Crippen molar-refractivity contribution >= 4 is 34.1 Å². The molecule has 0 radical (unpaired) electrons. The molecule has 0 bridgehead atoms. The zero-order valence-corrected chi connectivity index (χ0v) is 20.3. The van der Waals surface area contributed by atoms with E-state index >= 15 is 0 Å². The summed E-state index contributed by atoms with van der Waals surface area (Å²) in [5.74, 6) is 1.71. The lowest BCUT2D eigenvalue weighted by molar-refractivity contribution is 0.0588. The van der Waals surface area contributed by atoms with Gasteiger partial charge in [-0.25, -0.2) is 15.0 Å². The number of halogens is 1. The van der Waals surface area contributed by atoms with Gasteiger partial charge < -0.3 is 14.8 Å². The minimum atomic E-state index is 0.247. The van der Waals surface area contributed by atoms with Gasteiger partial charge in [0.2, 0.25) is 0 Å². The third-order valence-corrected chi connectivity index (χ3v) is 5.93. The van der Waals surface area contributed by atoms with Crippen LogP contribution in [0.2, 0.25) is 5.02 Å². The first-order chi connectivity index (χ1) is 16.6. The van der Waals surface area contributed by atoms with Gasteiger partial charge in [0.25, 0.3) is 0 Å². The summed E-state index contributed by atoms with van der Waals surface area (Å²) >= 11 is 6.34. The number of hydrogen-bond acceptors (Lipinski definition) is 7. The minimum absolute atomic E-state index is 0.247. The normalized spacial score (nSPS) is 12.1. The molecule has 3 heterocycles. The van der Waals surface area contributed by atoms with Crippen molar-refractivity contribution in [2.24, 2.45) is 0 Å². The van der Waals surface area contributed by atoms with Crippen LogP contribution in [-0.4, -0.2) is 40.3 Å². The first kappa shape index (κ1) is 24.0. The van der Waals surface area contributed by atoms with Crippen LogP contribution in [0, 0.1) is 0 Å².